The zero-order valence-electron chi connectivity index (χ0n) is 30.0. The second kappa shape index (κ2) is 11.7. The zero-order chi connectivity index (χ0) is 30.5. The Kier molecular flexibility index (Phi) is 8.07. The van der Waals surface area contributed by atoms with E-state index in [4.69, 9.17) is 0 Å². The van der Waals surface area contributed by atoms with Crippen molar-refractivity contribution in [3.05, 3.63) is 0 Å². The summed E-state index contributed by atoms with van der Waals surface area (Å²) in [6.07, 6.45) is 33.0. The molecule has 0 radical (unpaired) electrons. The number of piperidine rings is 2. The lowest BCUT2D eigenvalue weighted by atomic mass is 9.53. The van der Waals surface area contributed by atoms with Crippen molar-refractivity contribution in [1.82, 2.24) is 15.1 Å². The highest BCUT2D eigenvalue weighted by molar-refractivity contribution is 5.13. The van der Waals surface area contributed by atoms with E-state index in [1.807, 2.05) is 0 Å². The van der Waals surface area contributed by atoms with Crippen molar-refractivity contribution in [3.63, 3.8) is 0 Å². The fourth-order valence-electron chi connectivity index (χ4n) is 16.0. The lowest BCUT2D eigenvalue weighted by Crippen LogP contribution is -2.67. The van der Waals surface area contributed by atoms with Crippen LogP contribution >= 0.6 is 0 Å². The molecule has 0 aromatic rings. The van der Waals surface area contributed by atoms with Crippen molar-refractivity contribution in [3.8, 4) is 0 Å². The van der Waals surface area contributed by atoms with Crippen LogP contribution < -0.4 is 5.32 Å². The lowest BCUT2D eigenvalue weighted by Gasteiger charge is -2.64. The smallest absolute Gasteiger partial charge is 0.0135 e. The molecule has 0 aromatic heterocycles. The highest BCUT2D eigenvalue weighted by Crippen LogP contribution is 2.59. The Labute approximate surface area is 278 Å². The normalized spacial score (nSPS) is 52.8. The lowest BCUT2D eigenvalue weighted by molar-refractivity contribution is -0.148. The van der Waals surface area contributed by atoms with Crippen molar-refractivity contribution in [1.29, 1.82) is 0 Å². The average Bonchev–Trinajstić information content (AvgIpc) is 3.43. The SMILES string of the molecule is CC1(C)C2CCCCC2N(C2CCC3NC4CCC(N5C6CCCCC6C(C)(C)C6CCCCC65)CC4C3C2)C2CCCCC21. The highest BCUT2D eigenvalue weighted by Gasteiger charge is 2.59. The predicted octanol–water partition coefficient (Wildman–Crippen LogP) is 9.58. The van der Waals surface area contributed by atoms with Crippen LogP contribution in [0, 0.1) is 46.3 Å². The van der Waals surface area contributed by atoms with Gasteiger partial charge in [-0.15, -0.1) is 0 Å². The second-order valence-corrected chi connectivity index (χ2v) is 20.0. The third kappa shape index (κ3) is 4.86. The molecule has 3 heteroatoms. The van der Waals surface area contributed by atoms with Gasteiger partial charge >= 0.3 is 0 Å². The van der Waals surface area contributed by atoms with Crippen LogP contribution in [0.4, 0.5) is 0 Å². The third-order valence-corrected chi connectivity index (χ3v) is 17.8. The van der Waals surface area contributed by atoms with Crippen LogP contribution in [-0.4, -0.2) is 58.1 Å². The molecule has 9 rings (SSSR count). The maximum atomic E-state index is 4.36. The molecular formula is C42H71N3. The molecular weight excluding hydrogens is 546 g/mol. The van der Waals surface area contributed by atoms with Gasteiger partial charge in [0, 0.05) is 48.3 Å². The summed E-state index contributed by atoms with van der Waals surface area (Å²) < 4.78 is 0. The van der Waals surface area contributed by atoms with Gasteiger partial charge in [-0.1, -0.05) is 79.1 Å². The molecule has 3 saturated heterocycles. The van der Waals surface area contributed by atoms with Gasteiger partial charge < -0.3 is 5.32 Å². The van der Waals surface area contributed by atoms with Gasteiger partial charge in [-0.25, -0.2) is 0 Å². The summed E-state index contributed by atoms with van der Waals surface area (Å²) in [6.45, 7) is 10.9. The van der Waals surface area contributed by atoms with E-state index in [9.17, 15) is 0 Å². The fourth-order valence-corrected chi connectivity index (χ4v) is 16.0. The maximum absolute atomic E-state index is 4.36. The van der Waals surface area contributed by atoms with Gasteiger partial charge in [-0.2, -0.15) is 0 Å². The van der Waals surface area contributed by atoms with E-state index < -0.39 is 0 Å². The quantitative estimate of drug-likeness (QED) is 0.333. The molecule has 3 heterocycles. The largest absolute Gasteiger partial charge is 0.311 e. The van der Waals surface area contributed by atoms with Gasteiger partial charge in [-0.3, -0.25) is 9.80 Å². The molecule has 254 valence electrons. The summed E-state index contributed by atoms with van der Waals surface area (Å²) in [7, 11) is 0. The number of hydrogen-bond acceptors (Lipinski definition) is 3. The van der Waals surface area contributed by atoms with Gasteiger partial charge in [0.1, 0.15) is 0 Å². The number of hydrogen-bond donors (Lipinski definition) is 1. The van der Waals surface area contributed by atoms with E-state index in [1.165, 1.54) is 141 Å². The van der Waals surface area contributed by atoms with Gasteiger partial charge in [0.15, 0.2) is 0 Å². The van der Waals surface area contributed by atoms with Crippen molar-refractivity contribution >= 4 is 0 Å². The van der Waals surface area contributed by atoms with E-state index in [-0.39, 0.29) is 0 Å². The number of rotatable bonds is 2. The molecule has 14 atom stereocenters. The van der Waals surface area contributed by atoms with Crippen molar-refractivity contribution in [2.75, 3.05) is 0 Å². The summed E-state index contributed by atoms with van der Waals surface area (Å²) in [5.41, 5.74) is 1.11. The molecule has 0 bridgehead atoms. The van der Waals surface area contributed by atoms with E-state index in [0.29, 0.717) is 10.8 Å². The standard InChI is InChI=1S/C42H71N3/c1-41(2)31-13-5-9-17-37(31)44(38-18-10-6-14-32(38)41)27-21-23-35-29(25-27)30-26-28(22-24-36(30)43-35)45-39-19-11-7-15-33(39)42(3,4)34-16-8-12-20-40(34)45/h27-40,43H,5-26H2,1-4H3. The monoisotopic (exact) mass is 618 g/mol. The summed E-state index contributed by atoms with van der Waals surface area (Å²) in [4.78, 5) is 6.66. The first-order chi connectivity index (χ1) is 21.8. The molecule has 6 saturated carbocycles. The summed E-state index contributed by atoms with van der Waals surface area (Å²) in [5, 5.41) is 4.36. The van der Waals surface area contributed by atoms with Crippen molar-refractivity contribution in [2.24, 2.45) is 46.3 Å². The first-order valence-electron chi connectivity index (χ1n) is 21.1. The predicted molar refractivity (Wildman–Crippen MR) is 187 cm³/mol. The van der Waals surface area contributed by atoms with E-state index in [0.717, 1.165) is 83.8 Å². The van der Waals surface area contributed by atoms with Crippen LogP contribution in [0.3, 0.4) is 0 Å². The van der Waals surface area contributed by atoms with E-state index in [1.54, 1.807) is 0 Å². The zero-order valence-corrected chi connectivity index (χ0v) is 30.0. The van der Waals surface area contributed by atoms with Gasteiger partial charge in [-0.05, 0) is 136 Å². The molecule has 9 fully saturated rings. The Morgan fingerprint density at radius 2 is 0.711 bits per heavy atom. The van der Waals surface area contributed by atoms with Gasteiger partial charge in [0.25, 0.3) is 0 Å². The topological polar surface area (TPSA) is 18.5 Å². The summed E-state index contributed by atoms with van der Waals surface area (Å²) in [6, 6.07) is 6.96. The van der Waals surface area contributed by atoms with Crippen molar-refractivity contribution in [2.45, 2.75) is 217 Å². The van der Waals surface area contributed by atoms with Crippen LogP contribution in [0.5, 0.6) is 0 Å². The minimum Gasteiger partial charge on any atom is -0.311 e. The number of likely N-dealkylation sites (tertiary alicyclic amines) is 2. The Morgan fingerprint density at radius 3 is 1.04 bits per heavy atom. The van der Waals surface area contributed by atoms with Gasteiger partial charge in [0.05, 0.1) is 0 Å². The Hall–Kier alpha value is -0.120. The maximum Gasteiger partial charge on any atom is 0.0135 e. The molecule has 45 heavy (non-hydrogen) atoms. The fraction of sp³-hybridized carbons (Fsp3) is 1.00. The molecule has 0 spiro atoms. The van der Waals surface area contributed by atoms with E-state index >= 15 is 0 Å². The highest BCUT2D eigenvalue weighted by atomic mass is 15.3. The Balaban J connectivity index is 0.974. The summed E-state index contributed by atoms with van der Waals surface area (Å²) >= 11 is 0. The Bertz CT molecular complexity index is 932. The first kappa shape index (κ1) is 30.9. The third-order valence-electron chi connectivity index (χ3n) is 17.8. The number of nitrogens with one attached hydrogen (secondary N) is 1. The average molecular weight is 618 g/mol. The molecule has 3 nitrogen and oxygen atoms in total. The second-order valence-electron chi connectivity index (χ2n) is 20.0. The van der Waals surface area contributed by atoms with Crippen LogP contribution in [0.25, 0.3) is 0 Å². The van der Waals surface area contributed by atoms with Crippen LogP contribution in [-0.2, 0) is 0 Å². The number of nitrogens with zero attached hydrogens (tertiary/aromatic N) is 2. The first-order valence-corrected chi connectivity index (χ1v) is 21.1. The van der Waals surface area contributed by atoms with Crippen LogP contribution in [0.1, 0.15) is 169 Å². The minimum absolute atomic E-state index is 0.553. The molecule has 3 aliphatic heterocycles. The number of fused-ring (bicyclic) bond motifs is 7. The minimum atomic E-state index is 0.553. The van der Waals surface area contributed by atoms with E-state index in [2.05, 4.69) is 42.8 Å². The summed E-state index contributed by atoms with van der Waals surface area (Å²) in [5.74, 6) is 5.69. The molecule has 14 unspecified atom stereocenters. The van der Waals surface area contributed by atoms with Crippen molar-refractivity contribution < 1.29 is 0 Å². The molecule has 0 aromatic carbocycles. The Morgan fingerprint density at radius 1 is 0.400 bits per heavy atom. The van der Waals surface area contributed by atoms with Crippen LogP contribution in [0.2, 0.25) is 0 Å². The molecule has 6 aliphatic carbocycles. The van der Waals surface area contributed by atoms with Gasteiger partial charge in [0.2, 0.25) is 0 Å². The molecule has 9 aliphatic rings. The molecule has 1 N–H and O–H groups in total. The molecule has 0 amide bonds. The van der Waals surface area contributed by atoms with Crippen LogP contribution in [0.15, 0.2) is 0 Å².